The fraction of sp³-hybridized carbons (Fsp3) is 0.217. The van der Waals surface area contributed by atoms with Gasteiger partial charge in [0.2, 0.25) is 11.6 Å². The fourth-order valence-electron chi connectivity index (χ4n) is 3.79. The molecular weight excluding hydrogens is 372 g/mol. The number of Topliss-reactive ketones (excluding diaryl/α,β-unsaturated/α-hetero) is 2. The summed E-state index contributed by atoms with van der Waals surface area (Å²) < 4.78 is 0. The van der Waals surface area contributed by atoms with Crippen LogP contribution < -0.4 is 4.90 Å². The number of nitrogens with one attached hydrogen (secondary N) is 1. The van der Waals surface area contributed by atoms with Crippen LogP contribution in [-0.4, -0.2) is 49.2 Å². The van der Waals surface area contributed by atoms with Gasteiger partial charge in [0.25, 0.3) is 0 Å². The van der Waals surface area contributed by atoms with E-state index < -0.39 is 0 Å². The molecule has 0 aromatic heterocycles. The standard InChI is InChI=1S/C23H21ClN2O2/c24-20-21(23(28)19-11-5-4-10-18(19)22(20)27)26-15-13-25(14-16-26)12-6-9-17-7-2-1-3-8-17/h1-11H,12-16H2/p+1/b9-6-. The van der Waals surface area contributed by atoms with Crippen LogP contribution in [0.15, 0.2) is 71.4 Å². The van der Waals surface area contributed by atoms with Crippen molar-refractivity contribution in [3.8, 4) is 0 Å². The number of carbonyl (C=O) groups excluding carboxylic acids is 2. The highest BCUT2D eigenvalue weighted by molar-refractivity contribution is 6.49. The molecule has 1 aliphatic heterocycles. The monoisotopic (exact) mass is 393 g/mol. The van der Waals surface area contributed by atoms with E-state index in [1.165, 1.54) is 10.5 Å². The zero-order valence-corrected chi connectivity index (χ0v) is 16.3. The number of nitrogens with zero attached hydrogens (tertiary/aromatic N) is 1. The minimum Gasteiger partial charge on any atom is -0.356 e. The van der Waals surface area contributed by atoms with Gasteiger partial charge in [0.05, 0.1) is 32.7 Å². The summed E-state index contributed by atoms with van der Waals surface area (Å²) >= 11 is 6.33. The maximum atomic E-state index is 12.9. The van der Waals surface area contributed by atoms with Gasteiger partial charge < -0.3 is 9.80 Å². The molecule has 1 aliphatic carbocycles. The van der Waals surface area contributed by atoms with Crippen LogP contribution in [0.5, 0.6) is 0 Å². The number of hydrogen-bond acceptors (Lipinski definition) is 3. The summed E-state index contributed by atoms with van der Waals surface area (Å²) in [6, 6.07) is 17.1. The molecule has 0 spiro atoms. The normalized spacial score (nSPS) is 18.1. The zero-order chi connectivity index (χ0) is 19.5. The zero-order valence-electron chi connectivity index (χ0n) is 15.5. The van der Waals surface area contributed by atoms with Crippen molar-refractivity contribution >= 4 is 29.2 Å². The summed E-state index contributed by atoms with van der Waals surface area (Å²) in [6.45, 7) is 4.15. The Morgan fingerprint density at radius 1 is 0.893 bits per heavy atom. The van der Waals surface area contributed by atoms with Crippen LogP contribution in [-0.2, 0) is 0 Å². The molecule has 0 atom stereocenters. The summed E-state index contributed by atoms with van der Waals surface area (Å²) in [4.78, 5) is 28.9. The molecule has 28 heavy (non-hydrogen) atoms. The lowest BCUT2D eigenvalue weighted by atomic mass is 9.91. The molecule has 2 aromatic carbocycles. The van der Waals surface area contributed by atoms with Crippen molar-refractivity contribution in [2.24, 2.45) is 0 Å². The van der Waals surface area contributed by atoms with E-state index in [0.29, 0.717) is 29.9 Å². The second-order valence-electron chi connectivity index (χ2n) is 7.12. The van der Waals surface area contributed by atoms with E-state index in [0.717, 1.165) is 19.6 Å². The number of quaternary nitrogens is 1. The maximum absolute atomic E-state index is 12.9. The van der Waals surface area contributed by atoms with Crippen LogP contribution in [0.2, 0.25) is 0 Å². The number of rotatable bonds is 4. The van der Waals surface area contributed by atoms with Gasteiger partial charge in [0.1, 0.15) is 10.7 Å². The average Bonchev–Trinajstić information content (AvgIpc) is 2.74. The average molecular weight is 394 g/mol. The van der Waals surface area contributed by atoms with E-state index >= 15 is 0 Å². The van der Waals surface area contributed by atoms with Gasteiger partial charge in [-0.2, -0.15) is 0 Å². The largest absolute Gasteiger partial charge is 0.356 e. The lowest BCUT2D eigenvalue weighted by molar-refractivity contribution is -0.898. The van der Waals surface area contributed by atoms with Crippen molar-refractivity contribution < 1.29 is 14.5 Å². The smallest absolute Gasteiger partial charge is 0.211 e. The van der Waals surface area contributed by atoms with Gasteiger partial charge in [-0.3, -0.25) is 9.59 Å². The molecular formula is C23H22ClN2O2+. The Hall–Kier alpha value is -2.69. The first-order valence-corrected chi connectivity index (χ1v) is 9.91. The van der Waals surface area contributed by atoms with Gasteiger partial charge in [-0.1, -0.05) is 72.3 Å². The van der Waals surface area contributed by atoms with Crippen LogP contribution >= 0.6 is 11.6 Å². The SMILES string of the molecule is O=C1C(Cl)=C(N2CC[NH+](C/C=C\c3ccccc3)CC2)C(=O)c2ccccc21. The predicted octanol–water partition coefficient (Wildman–Crippen LogP) is 2.43. The first-order valence-electron chi connectivity index (χ1n) is 9.53. The second-order valence-corrected chi connectivity index (χ2v) is 7.50. The third kappa shape index (κ3) is 3.66. The number of carbonyl (C=O) groups is 2. The Morgan fingerprint density at radius 2 is 1.50 bits per heavy atom. The minimum absolute atomic E-state index is 0.0520. The summed E-state index contributed by atoms with van der Waals surface area (Å²) in [6.07, 6.45) is 4.33. The molecule has 2 aliphatic rings. The molecule has 142 valence electrons. The Labute approximate surface area is 169 Å². The summed E-state index contributed by atoms with van der Waals surface area (Å²) in [5, 5.41) is 0.0520. The number of hydrogen-bond donors (Lipinski definition) is 1. The minimum atomic E-state index is -0.257. The highest BCUT2D eigenvalue weighted by atomic mass is 35.5. The lowest BCUT2D eigenvalue weighted by Gasteiger charge is -2.35. The van der Waals surface area contributed by atoms with Crippen molar-refractivity contribution in [2.45, 2.75) is 0 Å². The van der Waals surface area contributed by atoms with Gasteiger partial charge >= 0.3 is 0 Å². The highest BCUT2D eigenvalue weighted by Crippen LogP contribution is 2.30. The van der Waals surface area contributed by atoms with Crippen molar-refractivity contribution in [3.63, 3.8) is 0 Å². The molecule has 0 saturated carbocycles. The third-order valence-electron chi connectivity index (χ3n) is 5.34. The molecule has 0 bridgehead atoms. The van der Waals surface area contributed by atoms with E-state index in [1.54, 1.807) is 24.3 Å². The van der Waals surface area contributed by atoms with E-state index in [9.17, 15) is 9.59 Å². The van der Waals surface area contributed by atoms with Crippen molar-refractivity contribution in [1.82, 2.24) is 4.90 Å². The predicted molar refractivity (Wildman–Crippen MR) is 111 cm³/mol. The molecule has 0 radical (unpaired) electrons. The van der Waals surface area contributed by atoms with Crippen LogP contribution in [0, 0.1) is 0 Å². The van der Waals surface area contributed by atoms with Crippen LogP contribution in [0.1, 0.15) is 26.3 Å². The molecule has 0 unspecified atom stereocenters. The van der Waals surface area contributed by atoms with Gasteiger partial charge in [-0.05, 0) is 11.6 Å². The van der Waals surface area contributed by atoms with Crippen LogP contribution in [0.3, 0.4) is 0 Å². The molecule has 4 rings (SSSR count). The van der Waals surface area contributed by atoms with Gasteiger partial charge in [-0.15, -0.1) is 0 Å². The molecule has 1 saturated heterocycles. The topological polar surface area (TPSA) is 41.8 Å². The molecule has 1 heterocycles. The van der Waals surface area contributed by atoms with Crippen molar-refractivity contribution in [3.05, 3.63) is 88.1 Å². The van der Waals surface area contributed by atoms with E-state index in [2.05, 4.69) is 24.3 Å². The van der Waals surface area contributed by atoms with Crippen molar-refractivity contribution in [1.29, 1.82) is 0 Å². The van der Waals surface area contributed by atoms with Gasteiger partial charge in [0, 0.05) is 11.1 Å². The summed E-state index contributed by atoms with van der Waals surface area (Å²) in [5.41, 5.74) is 2.41. The molecule has 0 amide bonds. The molecule has 4 nitrogen and oxygen atoms in total. The first-order chi connectivity index (χ1) is 13.6. The Balaban J connectivity index is 1.41. The lowest BCUT2D eigenvalue weighted by Crippen LogP contribution is -3.14. The van der Waals surface area contributed by atoms with E-state index in [-0.39, 0.29) is 16.6 Å². The molecule has 1 fully saturated rings. The molecule has 1 N–H and O–H groups in total. The number of benzene rings is 2. The second kappa shape index (κ2) is 8.13. The van der Waals surface area contributed by atoms with Crippen LogP contribution in [0.25, 0.3) is 6.08 Å². The number of allylic oxidation sites excluding steroid dienone is 2. The molecule has 2 aromatic rings. The Morgan fingerprint density at radius 3 is 2.18 bits per heavy atom. The maximum Gasteiger partial charge on any atom is 0.211 e. The summed E-state index contributed by atoms with van der Waals surface area (Å²) in [7, 11) is 0. The molecule has 5 heteroatoms. The Kier molecular flexibility index (Phi) is 5.42. The fourth-order valence-corrected chi connectivity index (χ4v) is 4.10. The van der Waals surface area contributed by atoms with Gasteiger partial charge in [0.15, 0.2) is 0 Å². The number of fused-ring (bicyclic) bond motifs is 1. The van der Waals surface area contributed by atoms with Crippen molar-refractivity contribution in [2.75, 3.05) is 32.7 Å². The van der Waals surface area contributed by atoms with E-state index in [4.69, 9.17) is 11.6 Å². The number of ketones is 2. The third-order valence-corrected chi connectivity index (χ3v) is 5.69. The Bertz CT molecular complexity index is 958. The highest BCUT2D eigenvalue weighted by Gasteiger charge is 2.35. The van der Waals surface area contributed by atoms with Gasteiger partial charge in [-0.25, -0.2) is 0 Å². The number of piperazine rings is 1. The quantitative estimate of drug-likeness (QED) is 0.867. The van der Waals surface area contributed by atoms with E-state index in [1.807, 2.05) is 23.1 Å². The number of halogens is 1. The summed E-state index contributed by atoms with van der Waals surface area (Å²) in [5.74, 6) is -0.403. The van der Waals surface area contributed by atoms with Crippen LogP contribution in [0.4, 0.5) is 0 Å². The first kappa shape index (κ1) is 18.7.